The first-order valence-electron chi connectivity index (χ1n) is 9.11. The summed E-state index contributed by atoms with van der Waals surface area (Å²) in [6, 6.07) is 14.6. The van der Waals surface area contributed by atoms with Crippen molar-refractivity contribution in [2.45, 2.75) is 32.9 Å². The molecule has 0 bridgehead atoms. The number of carboxylic acids is 1. The number of aromatic nitrogens is 2. The van der Waals surface area contributed by atoms with Crippen LogP contribution in [-0.2, 0) is 11.3 Å². The Kier molecular flexibility index (Phi) is 5.89. The normalized spacial score (nSPS) is 11.4. The van der Waals surface area contributed by atoms with Crippen LogP contribution in [0.15, 0.2) is 53.3 Å². The number of fused-ring (bicyclic) bond motifs is 1. The van der Waals surface area contributed by atoms with E-state index >= 15 is 0 Å². The quantitative estimate of drug-likeness (QED) is 0.676. The summed E-state index contributed by atoms with van der Waals surface area (Å²) < 4.78 is 7.22. The molecule has 0 atom stereocenters. The van der Waals surface area contributed by atoms with Gasteiger partial charge in [0.25, 0.3) is 5.56 Å². The highest BCUT2D eigenvalue weighted by molar-refractivity contribution is 5.79. The molecule has 1 heterocycles. The van der Waals surface area contributed by atoms with E-state index in [0.717, 1.165) is 11.3 Å². The molecule has 6 nitrogen and oxygen atoms in total. The van der Waals surface area contributed by atoms with Gasteiger partial charge in [-0.2, -0.15) is 0 Å². The van der Waals surface area contributed by atoms with E-state index in [-0.39, 0.29) is 24.6 Å². The second-order valence-electron chi connectivity index (χ2n) is 6.63. The molecule has 0 unspecified atom stereocenters. The molecule has 0 aliphatic rings. The SMILES string of the molecule is CC(C)Oc1ccccc1/C=C/c1nc2ccccc2c(=O)n1CCC(=O)O. The predicted octanol–water partition coefficient (Wildman–Crippen LogP) is 3.83. The largest absolute Gasteiger partial charge is 0.490 e. The zero-order chi connectivity index (χ0) is 20.1. The standard InChI is InChI=1S/C22H22N2O4/c1-15(2)28-19-10-6-3-7-16(19)11-12-20-23-18-9-5-4-8-17(18)22(27)24(20)14-13-21(25)26/h3-12,15H,13-14H2,1-2H3,(H,25,26)/b12-11+. The van der Waals surface area contributed by atoms with E-state index in [1.807, 2.05) is 50.3 Å². The van der Waals surface area contributed by atoms with Crippen molar-refractivity contribution in [1.29, 1.82) is 0 Å². The van der Waals surface area contributed by atoms with E-state index in [1.54, 1.807) is 24.3 Å². The van der Waals surface area contributed by atoms with Crippen molar-refractivity contribution in [3.63, 3.8) is 0 Å². The first kappa shape index (κ1) is 19.4. The molecule has 0 aliphatic heterocycles. The maximum atomic E-state index is 12.9. The van der Waals surface area contributed by atoms with Crippen LogP contribution in [0.5, 0.6) is 5.75 Å². The fraction of sp³-hybridized carbons (Fsp3) is 0.227. The number of carboxylic acid groups (broad SMARTS) is 1. The van der Waals surface area contributed by atoms with E-state index in [1.165, 1.54) is 4.57 Å². The van der Waals surface area contributed by atoms with Crippen LogP contribution >= 0.6 is 0 Å². The van der Waals surface area contributed by atoms with Crippen LogP contribution in [0.2, 0.25) is 0 Å². The molecule has 6 heteroatoms. The molecule has 0 radical (unpaired) electrons. The first-order chi connectivity index (χ1) is 13.5. The van der Waals surface area contributed by atoms with Gasteiger partial charge in [0, 0.05) is 12.1 Å². The highest BCUT2D eigenvalue weighted by Gasteiger charge is 2.11. The van der Waals surface area contributed by atoms with Crippen LogP contribution in [0.25, 0.3) is 23.1 Å². The summed E-state index contributed by atoms with van der Waals surface area (Å²) in [6.45, 7) is 3.96. The number of benzene rings is 2. The van der Waals surface area contributed by atoms with Gasteiger partial charge in [0.1, 0.15) is 11.6 Å². The lowest BCUT2D eigenvalue weighted by Gasteiger charge is -2.13. The highest BCUT2D eigenvalue weighted by atomic mass is 16.5. The Bertz CT molecular complexity index is 1080. The molecule has 0 saturated heterocycles. The maximum absolute atomic E-state index is 12.9. The third kappa shape index (κ3) is 4.46. The van der Waals surface area contributed by atoms with Crippen molar-refractivity contribution < 1.29 is 14.6 Å². The monoisotopic (exact) mass is 378 g/mol. The lowest BCUT2D eigenvalue weighted by Crippen LogP contribution is -2.25. The van der Waals surface area contributed by atoms with Gasteiger partial charge < -0.3 is 9.84 Å². The molecule has 1 N–H and O–H groups in total. The smallest absolute Gasteiger partial charge is 0.305 e. The Hall–Kier alpha value is -3.41. The van der Waals surface area contributed by atoms with Gasteiger partial charge in [0.15, 0.2) is 0 Å². The minimum absolute atomic E-state index is 0.0297. The van der Waals surface area contributed by atoms with Gasteiger partial charge in [0.2, 0.25) is 0 Å². The summed E-state index contributed by atoms with van der Waals surface area (Å²) in [6.07, 6.45) is 3.42. The molecule has 0 amide bonds. The minimum atomic E-state index is -0.967. The predicted molar refractivity (Wildman–Crippen MR) is 109 cm³/mol. The molecule has 0 fully saturated rings. The molecule has 0 saturated carbocycles. The molecule has 0 aliphatic carbocycles. The van der Waals surface area contributed by atoms with Gasteiger partial charge in [-0.05, 0) is 44.2 Å². The number of hydrogen-bond acceptors (Lipinski definition) is 4. The van der Waals surface area contributed by atoms with Crippen molar-refractivity contribution in [2.24, 2.45) is 0 Å². The average molecular weight is 378 g/mol. The van der Waals surface area contributed by atoms with Gasteiger partial charge in [-0.1, -0.05) is 30.3 Å². The Morgan fingerprint density at radius 1 is 1.14 bits per heavy atom. The third-order valence-corrected chi connectivity index (χ3v) is 4.13. The number of nitrogens with zero attached hydrogens (tertiary/aromatic N) is 2. The molecular formula is C22H22N2O4. The number of para-hydroxylation sites is 2. The number of carbonyl (C=O) groups is 1. The van der Waals surface area contributed by atoms with E-state index < -0.39 is 5.97 Å². The topological polar surface area (TPSA) is 81.4 Å². The lowest BCUT2D eigenvalue weighted by molar-refractivity contribution is -0.137. The van der Waals surface area contributed by atoms with E-state index in [2.05, 4.69) is 4.98 Å². The van der Waals surface area contributed by atoms with Crippen molar-refractivity contribution in [3.05, 3.63) is 70.3 Å². The summed E-state index contributed by atoms with van der Waals surface area (Å²) in [5, 5.41) is 9.49. The van der Waals surface area contributed by atoms with Crippen LogP contribution < -0.4 is 10.3 Å². The van der Waals surface area contributed by atoms with E-state index in [0.29, 0.717) is 16.7 Å². The number of hydrogen-bond donors (Lipinski definition) is 1. The zero-order valence-corrected chi connectivity index (χ0v) is 15.8. The fourth-order valence-corrected chi connectivity index (χ4v) is 2.88. The summed E-state index contributed by atoms with van der Waals surface area (Å²) in [4.78, 5) is 28.4. The fourth-order valence-electron chi connectivity index (χ4n) is 2.88. The lowest BCUT2D eigenvalue weighted by atomic mass is 10.1. The van der Waals surface area contributed by atoms with Crippen LogP contribution in [0, 0.1) is 0 Å². The summed E-state index contributed by atoms with van der Waals surface area (Å²) >= 11 is 0. The zero-order valence-electron chi connectivity index (χ0n) is 15.8. The highest BCUT2D eigenvalue weighted by Crippen LogP contribution is 2.22. The molecule has 3 rings (SSSR count). The summed E-state index contributed by atoms with van der Waals surface area (Å²) in [7, 11) is 0. The number of aliphatic carboxylic acids is 1. The summed E-state index contributed by atoms with van der Waals surface area (Å²) in [5.74, 6) is 0.170. The minimum Gasteiger partial charge on any atom is -0.490 e. The van der Waals surface area contributed by atoms with Gasteiger partial charge >= 0.3 is 5.97 Å². The van der Waals surface area contributed by atoms with E-state index in [9.17, 15) is 9.59 Å². The molecule has 28 heavy (non-hydrogen) atoms. The average Bonchev–Trinajstić information content (AvgIpc) is 2.66. The van der Waals surface area contributed by atoms with Crippen LogP contribution in [-0.4, -0.2) is 26.7 Å². The Balaban J connectivity index is 2.07. The van der Waals surface area contributed by atoms with Crippen LogP contribution in [0.1, 0.15) is 31.7 Å². The van der Waals surface area contributed by atoms with Gasteiger partial charge in [-0.25, -0.2) is 4.98 Å². The Labute approximate surface area is 162 Å². The summed E-state index contributed by atoms with van der Waals surface area (Å²) in [5.41, 5.74) is 1.17. The van der Waals surface area contributed by atoms with Gasteiger partial charge in [0.05, 0.1) is 23.4 Å². The number of rotatable bonds is 7. The van der Waals surface area contributed by atoms with Crippen molar-refractivity contribution >= 4 is 29.0 Å². The molecule has 2 aromatic carbocycles. The van der Waals surface area contributed by atoms with Crippen LogP contribution in [0.4, 0.5) is 0 Å². The second kappa shape index (κ2) is 8.52. The third-order valence-electron chi connectivity index (χ3n) is 4.13. The molecule has 1 aromatic heterocycles. The van der Waals surface area contributed by atoms with E-state index in [4.69, 9.17) is 9.84 Å². The van der Waals surface area contributed by atoms with Crippen LogP contribution in [0.3, 0.4) is 0 Å². The van der Waals surface area contributed by atoms with Crippen molar-refractivity contribution in [3.8, 4) is 5.75 Å². The second-order valence-corrected chi connectivity index (χ2v) is 6.63. The Morgan fingerprint density at radius 2 is 1.86 bits per heavy atom. The van der Waals surface area contributed by atoms with Gasteiger partial charge in [-0.15, -0.1) is 0 Å². The Morgan fingerprint density at radius 3 is 2.61 bits per heavy atom. The van der Waals surface area contributed by atoms with Gasteiger partial charge in [-0.3, -0.25) is 14.2 Å². The van der Waals surface area contributed by atoms with Crippen molar-refractivity contribution in [2.75, 3.05) is 0 Å². The molecule has 3 aromatic rings. The van der Waals surface area contributed by atoms with Crippen molar-refractivity contribution in [1.82, 2.24) is 9.55 Å². The molecule has 0 spiro atoms. The molecule has 144 valence electrons. The first-order valence-corrected chi connectivity index (χ1v) is 9.11. The maximum Gasteiger partial charge on any atom is 0.305 e. The molecular weight excluding hydrogens is 356 g/mol. The number of ether oxygens (including phenoxy) is 1.